The standard InChI is InChI=1S/C19H25N5O2/c1-14-16(12-21-22-14)19(26)24-11-10-23(17(13-24)18(25)20-2)9-8-15-6-4-3-5-7-15/h3-7,12,17H,8-11,13H2,1-2H3,(H,20,25)(H,21,22). The Labute approximate surface area is 153 Å². The maximum atomic E-state index is 12.7. The van der Waals surface area contributed by atoms with Crippen molar-refractivity contribution in [3.05, 3.63) is 53.3 Å². The van der Waals surface area contributed by atoms with Crippen LogP contribution in [0.25, 0.3) is 0 Å². The number of hydrogen-bond acceptors (Lipinski definition) is 4. The van der Waals surface area contributed by atoms with Gasteiger partial charge in [0.05, 0.1) is 11.8 Å². The molecule has 2 aromatic rings. The lowest BCUT2D eigenvalue weighted by atomic mass is 10.1. The Bertz CT molecular complexity index is 758. The number of likely N-dealkylation sites (N-methyl/N-ethyl adjacent to an activating group) is 1. The van der Waals surface area contributed by atoms with E-state index in [-0.39, 0.29) is 17.9 Å². The van der Waals surface area contributed by atoms with Crippen molar-refractivity contribution in [2.75, 3.05) is 33.2 Å². The van der Waals surface area contributed by atoms with Crippen LogP contribution in [0.4, 0.5) is 0 Å². The summed E-state index contributed by atoms with van der Waals surface area (Å²) in [6.45, 7) is 4.28. The van der Waals surface area contributed by atoms with Gasteiger partial charge < -0.3 is 10.2 Å². The van der Waals surface area contributed by atoms with Crippen LogP contribution < -0.4 is 5.32 Å². The van der Waals surface area contributed by atoms with E-state index < -0.39 is 0 Å². The van der Waals surface area contributed by atoms with Crippen LogP contribution in [0.3, 0.4) is 0 Å². The molecule has 2 N–H and O–H groups in total. The molecule has 0 saturated carbocycles. The van der Waals surface area contributed by atoms with Gasteiger partial charge in [0.2, 0.25) is 5.91 Å². The number of aryl methyl sites for hydroxylation is 1. The summed E-state index contributed by atoms with van der Waals surface area (Å²) >= 11 is 0. The average Bonchev–Trinajstić information content (AvgIpc) is 3.11. The first kappa shape index (κ1) is 18.1. The van der Waals surface area contributed by atoms with Gasteiger partial charge in [-0.25, -0.2) is 0 Å². The van der Waals surface area contributed by atoms with E-state index in [1.807, 2.05) is 25.1 Å². The second-order valence-corrected chi connectivity index (χ2v) is 6.56. The summed E-state index contributed by atoms with van der Waals surface area (Å²) < 4.78 is 0. The Morgan fingerprint density at radius 1 is 1.27 bits per heavy atom. The molecule has 26 heavy (non-hydrogen) atoms. The number of carbonyl (C=O) groups excluding carboxylic acids is 2. The number of H-pyrrole nitrogens is 1. The van der Waals surface area contributed by atoms with Gasteiger partial charge in [0.15, 0.2) is 0 Å². The van der Waals surface area contributed by atoms with Crippen molar-refractivity contribution in [3.8, 4) is 0 Å². The number of nitrogens with one attached hydrogen (secondary N) is 2. The minimum Gasteiger partial charge on any atom is -0.358 e. The molecule has 0 spiro atoms. The Morgan fingerprint density at radius 2 is 2.04 bits per heavy atom. The van der Waals surface area contributed by atoms with Gasteiger partial charge in [0.1, 0.15) is 6.04 Å². The molecule has 2 amide bonds. The van der Waals surface area contributed by atoms with Crippen molar-refractivity contribution in [1.29, 1.82) is 0 Å². The molecule has 1 aromatic heterocycles. The Hall–Kier alpha value is -2.67. The Kier molecular flexibility index (Phi) is 5.68. The van der Waals surface area contributed by atoms with E-state index in [1.54, 1.807) is 18.1 Å². The molecule has 7 heteroatoms. The first-order valence-electron chi connectivity index (χ1n) is 8.89. The number of amides is 2. The number of aromatic amines is 1. The smallest absolute Gasteiger partial charge is 0.257 e. The van der Waals surface area contributed by atoms with Crippen molar-refractivity contribution in [1.82, 2.24) is 25.3 Å². The summed E-state index contributed by atoms with van der Waals surface area (Å²) in [5, 5.41) is 9.45. The molecule has 3 rings (SSSR count). The van der Waals surface area contributed by atoms with Crippen LogP contribution in [0.15, 0.2) is 36.5 Å². The summed E-state index contributed by atoms with van der Waals surface area (Å²) in [5.74, 6) is -0.132. The number of carbonyl (C=O) groups is 2. The van der Waals surface area contributed by atoms with Gasteiger partial charge >= 0.3 is 0 Å². The second-order valence-electron chi connectivity index (χ2n) is 6.56. The quantitative estimate of drug-likeness (QED) is 0.833. The van der Waals surface area contributed by atoms with Gasteiger partial charge in [-0.3, -0.25) is 19.6 Å². The van der Waals surface area contributed by atoms with E-state index in [1.165, 1.54) is 5.56 Å². The number of aromatic nitrogens is 2. The molecule has 1 aliphatic rings. The van der Waals surface area contributed by atoms with Crippen LogP contribution >= 0.6 is 0 Å². The highest BCUT2D eigenvalue weighted by Crippen LogP contribution is 2.16. The van der Waals surface area contributed by atoms with Gasteiger partial charge in [-0.15, -0.1) is 0 Å². The summed E-state index contributed by atoms with van der Waals surface area (Å²) in [4.78, 5) is 29.1. The largest absolute Gasteiger partial charge is 0.358 e. The Morgan fingerprint density at radius 3 is 2.69 bits per heavy atom. The maximum absolute atomic E-state index is 12.7. The topological polar surface area (TPSA) is 81.3 Å². The van der Waals surface area contributed by atoms with E-state index in [2.05, 4.69) is 32.5 Å². The molecule has 1 aliphatic heterocycles. The maximum Gasteiger partial charge on any atom is 0.257 e. The molecule has 7 nitrogen and oxygen atoms in total. The third-order valence-electron chi connectivity index (χ3n) is 4.92. The zero-order chi connectivity index (χ0) is 18.5. The fraction of sp³-hybridized carbons (Fsp3) is 0.421. The van der Waals surface area contributed by atoms with Gasteiger partial charge in [-0.1, -0.05) is 30.3 Å². The minimum atomic E-state index is -0.339. The van der Waals surface area contributed by atoms with E-state index in [0.717, 1.165) is 18.7 Å². The van der Waals surface area contributed by atoms with Crippen molar-refractivity contribution in [2.24, 2.45) is 0 Å². The molecule has 0 radical (unpaired) electrons. The van der Waals surface area contributed by atoms with Crippen molar-refractivity contribution in [3.63, 3.8) is 0 Å². The lowest BCUT2D eigenvalue weighted by Gasteiger charge is -2.40. The first-order chi connectivity index (χ1) is 12.6. The van der Waals surface area contributed by atoms with Crippen LogP contribution in [0.5, 0.6) is 0 Å². The number of nitrogens with zero attached hydrogens (tertiary/aromatic N) is 3. The fourth-order valence-corrected chi connectivity index (χ4v) is 3.34. The van der Waals surface area contributed by atoms with Crippen LogP contribution in [0.1, 0.15) is 21.6 Å². The highest BCUT2D eigenvalue weighted by molar-refractivity contribution is 5.95. The summed E-state index contributed by atoms with van der Waals surface area (Å²) in [5.41, 5.74) is 2.56. The van der Waals surface area contributed by atoms with Crippen LogP contribution in [0.2, 0.25) is 0 Å². The highest BCUT2D eigenvalue weighted by atomic mass is 16.2. The first-order valence-corrected chi connectivity index (χ1v) is 8.89. The van der Waals surface area contributed by atoms with Crippen LogP contribution in [-0.4, -0.2) is 71.1 Å². The molecule has 1 aromatic carbocycles. The summed E-state index contributed by atoms with van der Waals surface area (Å²) in [6, 6.07) is 9.89. The normalized spacial score (nSPS) is 17.9. The molecule has 1 unspecified atom stereocenters. The predicted molar refractivity (Wildman–Crippen MR) is 98.8 cm³/mol. The fourth-order valence-electron chi connectivity index (χ4n) is 3.34. The van der Waals surface area contributed by atoms with E-state index >= 15 is 0 Å². The lowest BCUT2D eigenvalue weighted by molar-refractivity contribution is -0.127. The monoisotopic (exact) mass is 355 g/mol. The molecule has 1 atom stereocenters. The molecule has 1 saturated heterocycles. The van der Waals surface area contributed by atoms with Crippen LogP contribution in [-0.2, 0) is 11.2 Å². The van der Waals surface area contributed by atoms with E-state index in [9.17, 15) is 9.59 Å². The summed E-state index contributed by atoms with van der Waals surface area (Å²) in [7, 11) is 1.64. The molecule has 138 valence electrons. The Balaban J connectivity index is 1.68. The van der Waals surface area contributed by atoms with Gasteiger partial charge in [-0.2, -0.15) is 5.10 Å². The van der Waals surface area contributed by atoms with E-state index in [0.29, 0.717) is 25.2 Å². The zero-order valence-electron chi connectivity index (χ0n) is 15.2. The van der Waals surface area contributed by atoms with Crippen molar-refractivity contribution >= 4 is 11.8 Å². The second kappa shape index (κ2) is 8.14. The van der Waals surface area contributed by atoms with Crippen molar-refractivity contribution in [2.45, 2.75) is 19.4 Å². The lowest BCUT2D eigenvalue weighted by Crippen LogP contribution is -2.60. The van der Waals surface area contributed by atoms with Crippen molar-refractivity contribution < 1.29 is 9.59 Å². The number of benzene rings is 1. The number of piperazine rings is 1. The molecule has 0 bridgehead atoms. The predicted octanol–water partition coefficient (Wildman–Crippen LogP) is 0.833. The molecular weight excluding hydrogens is 330 g/mol. The third-order valence-corrected chi connectivity index (χ3v) is 4.92. The SMILES string of the molecule is CNC(=O)C1CN(C(=O)c2cn[nH]c2C)CCN1CCc1ccccc1. The molecular formula is C19H25N5O2. The average molecular weight is 355 g/mol. The molecule has 0 aliphatic carbocycles. The zero-order valence-corrected chi connectivity index (χ0v) is 15.2. The van der Waals surface area contributed by atoms with Crippen LogP contribution in [0, 0.1) is 6.92 Å². The number of rotatable bonds is 5. The van der Waals surface area contributed by atoms with Gasteiger partial charge in [-0.05, 0) is 18.9 Å². The molecule has 1 fully saturated rings. The number of hydrogen-bond donors (Lipinski definition) is 2. The minimum absolute atomic E-state index is 0.0560. The summed E-state index contributed by atoms with van der Waals surface area (Å²) in [6.07, 6.45) is 2.43. The van der Waals surface area contributed by atoms with E-state index in [4.69, 9.17) is 0 Å². The van der Waals surface area contributed by atoms with Gasteiger partial charge in [0.25, 0.3) is 5.91 Å². The molecule has 2 heterocycles. The van der Waals surface area contributed by atoms with Gasteiger partial charge in [0, 0.05) is 38.9 Å². The highest BCUT2D eigenvalue weighted by Gasteiger charge is 2.34. The third kappa shape index (κ3) is 3.94.